The van der Waals surface area contributed by atoms with E-state index in [0.717, 1.165) is 18.6 Å². The van der Waals surface area contributed by atoms with Gasteiger partial charge in [-0.1, -0.05) is 32.9 Å². The molecule has 1 aliphatic carbocycles. The van der Waals surface area contributed by atoms with E-state index in [1.807, 2.05) is 12.1 Å². The molecule has 0 heterocycles. The summed E-state index contributed by atoms with van der Waals surface area (Å²) >= 11 is 0. The number of hydrogen-bond donors (Lipinski definition) is 1. The monoisotopic (exact) mass is 261 g/mol. The predicted molar refractivity (Wildman–Crippen MR) is 76.4 cm³/mol. The van der Waals surface area contributed by atoms with E-state index in [1.54, 1.807) is 6.92 Å². The van der Waals surface area contributed by atoms with Crippen molar-refractivity contribution in [3.05, 3.63) is 29.8 Å². The Kier molecular flexibility index (Phi) is 3.83. The highest BCUT2D eigenvalue weighted by molar-refractivity contribution is 5.81. The summed E-state index contributed by atoms with van der Waals surface area (Å²) in [5.74, 6) is 0.717. The highest BCUT2D eigenvalue weighted by Gasteiger charge is 2.26. The average Bonchev–Trinajstić information content (AvgIpc) is 3.12. The first-order valence-corrected chi connectivity index (χ1v) is 6.94. The Morgan fingerprint density at radius 3 is 2.32 bits per heavy atom. The van der Waals surface area contributed by atoms with Gasteiger partial charge in [0, 0.05) is 6.04 Å². The summed E-state index contributed by atoms with van der Waals surface area (Å²) in [5, 5.41) is 2.95. The van der Waals surface area contributed by atoms with E-state index >= 15 is 0 Å². The van der Waals surface area contributed by atoms with E-state index in [0.29, 0.717) is 6.04 Å². The van der Waals surface area contributed by atoms with Gasteiger partial charge in [-0.05, 0) is 42.9 Å². The van der Waals surface area contributed by atoms with Crippen molar-refractivity contribution >= 4 is 5.91 Å². The first-order chi connectivity index (χ1) is 8.86. The van der Waals surface area contributed by atoms with Crippen LogP contribution in [-0.2, 0) is 10.2 Å². The fourth-order valence-electron chi connectivity index (χ4n) is 1.84. The second kappa shape index (κ2) is 5.24. The maximum Gasteiger partial charge on any atom is 0.260 e. The molecule has 3 heteroatoms. The molecule has 3 nitrogen and oxygen atoms in total. The zero-order valence-electron chi connectivity index (χ0n) is 12.2. The summed E-state index contributed by atoms with van der Waals surface area (Å²) in [5.41, 5.74) is 1.39. The number of hydrogen-bond acceptors (Lipinski definition) is 2. The molecule has 1 amide bonds. The summed E-state index contributed by atoms with van der Waals surface area (Å²) in [6.07, 6.45) is 1.75. The lowest BCUT2D eigenvalue weighted by Gasteiger charge is -2.20. The fraction of sp³-hybridized carbons (Fsp3) is 0.562. The number of carbonyl (C=O) groups is 1. The molecule has 104 valence electrons. The molecular weight excluding hydrogens is 238 g/mol. The zero-order chi connectivity index (χ0) is 14.0. The molecule has 0 radical (unpaired) electrons. The van der Waals surface area contributed by atoms with Gasteiger partial charge in [-0.3, -0.25) is 4.79 Å². The zero-order valence-corrected chi connectivity index (χ0v) is 12.2. The van der Waals surface area contributed by atoms with Gasteiger partial charge in [0.05, 0.1) is 0 Å². The third kappa shape index (κ3) is 3.98. The molecule has 1 unspecified atom stereocenters. The Balaban J connectivity index is 1.93. The normalized spacial score (nSPS) is 16.8. The Labute approximate surface area is 115 Å². The minimum atomic E-state index is -0.443. The Morgan fingerprint density at radius 1 is 1.26 bits per heavy atom. The van der Waals surface area contributed by atoms with Gasteiger partial charge in [0.25, 0.3) is 5.91 Å². The summed E-state index contributed by atoms with van der Waals surface area (Å²) in [4.78, 5) is 11.8. The molecule has 1 aromatic rings. The SMILES string of the molecule is CC(Oc1ccc(C(C)(C)C)cc1)C(=O)NC1CC1. The average molecular weight is 261 g/mol. The van der Waals surface area contributed by atoms with Crippen LogP contribution >= 0.6 is 0 Å². The van der Waals surface area contributed by atoms with Crippen LogP contribution in [0.3, 0.4) is 0 Å². The van der Waals surface area contributed by atoms with Crippen LogP contribution in [0.5, 0.6) is 5.75 Å². The van der Waals surface area contributed by atoms with Crippen molar-refractivity contribution in [2.45, 2.75) is 58.1 Å². The number of benzene rings is 1. The Morgan fingerprint density at radius 2 is 1.84 bits per heavy atom. The molecule has 0 aliphatic heterocycles. The molecule has 1 atom stereocenters. The van der Waals surface area contributed by atoms with Gasteiger partial charge < -0.3 is 10.1 Å². The second-order valence-corrected chi connectivity index (χ2v) is 6.32. The molecule has 19 heavy (non-hydrogen) atoms. The minimum Gasteiger partial charge on any atom is -0.481 e. The number of carbonyl (C=O) groups excluding carboxylic acids is 1. The van der Waals surface area contributed by atoms with Crippen molar-refractivity contribution in [2.24, 2.45) is 0 Å². The van der Waals surface area contributed by atoms with Crippen molar-refractivity contribution in [2.75, 3.05) is 0 Å². The van der Waals surface area contributed by atoms with Crippen molar-refractivity contribution < 1.29 is 9.53 Å². The minimum absolute atomic E-state index is 0.0256. The summed E-state index contributed by atoms with van der Waals surface area (Å²) in [6.45, 7) is 8.31. The molecule has 1 fully saturated rings. The van der Waals surface area contributed by atoms with Crippen molar-refractivity contribution in [3.8, 4) is 5.75 Å². The lowest BCUT2D eigenvalue weighted by Crippen LogP contribution is -2.37. The van der Waals surface area contributed by atoms with Crippen LogP contribution in [-0.4, -0.2) is 18.1 Å². The fourth-order valence-corrected chi connectivity index (χ4v) is 1.84. The van der Waals surface area contributed by atoms with E-state index in [-0.39, 0.29) is 11.3 Å². The molecule has 0 aromatic heterocycles. The molecule has 1 aliphatic rings. The van der Waals surface area contributed by atoms with Gasteiger partial charge in [-0.2, -0.15) is 0 Å². The Bertz CT molecular complexity index is 441. The predicted octanol–water partition coefficient (Wildman–Crippen LogP) is 3.03. The first-order valence-electron chi connectivity index (χ1n) is 6.94. The number of nitrogens with one attached hydrogen (secondary N) is 1. The van der Waals surface area contributed by atoms with Crippen molar-refractivity contribution in [1.82, 2.24) is 5.32 Å². The van der Waals surface area contributed by atoms with E-state index in [4.69, 9.17) is 4.74 Å². The maximum absolute atomic E-state index is 11.8. The molecule has 0 bridgehead atoms. The maximum atomic E-state index is 11.8. The van der Waals surface area contributed by atoms with Crippen LogP contribution < -0.4 is 10.1 Å². The molecule has 2 rings (SSSR count). The third-order valence-corrected chi connectivity index (χ3v) is 3.33. The van der Waals surface area contributed by atoms with Crippen LogP contribution in [0.4, 0.5) is 0 Å². The van der Waals surface area contributed by atoms with Crippen LogP contribution in [0.1, 0.15) is 46.1 Å². The number of amides is 1. The molecule has 0 saturated heterocycles. The van der Waals surface area contributed by atoms with Crippen LogP contribution in [0, 0.1) is 0 Å². The molecule has 1 saturated carbocycles. The van der Waals surface area contributed by atoms with Gasteiger partial charge in [0.1, 0.15) is 5.75 Å². The standard InChI is InChI=1S/C16H23NO2/c1-11(15(18)17-13-7-8-13)19-14-9-5-12(6-10-14)16(2,3)4/h5-6,9-11,13H,7-8H2,1-4H3,(H,17,18). The van der Waals surface area contributed by atoms with Gasteiger partial charge >= 0.3 is 0 Å². The largest absolute Gasteiger partial charge is 0.481 e. The lowest BCUT2D eigenvalue weighted by atomic mass is 9.87. The third-order valence-electron chi connectivity index (χ3n) is 3.33. The number of ether oxygens (including phenoxy) is 1. The number of rotatable bonds is 4. The molecule has 1 N–H and O–H groups in total. The van der Waals surface area contributed by atoms with Crippen molar-refractivity contribution in [1.29, 1.82) is 0 Å². The second-order valence-electron chi connectivity index (χ2n) is 6.32. The van der Waals surface area contributed by atoms with E-state index in [2.05, 4.69) is 38.2 Å². The summed E-state index contributed by atoms with van der Waals surface area (Å²) in [7, 11) is 0. The van der Waals surface area contributed by atoms with Gasteiger partial charge in [0.2, 0.25) is 0 Å². The lowest BCUT2D eigenvalue weighted by molar-refractivity contribution is -0.127. The van der Waals surface area contributed by atoms with Gasteiger partial charge in [-0.15, -0.1) is 0 Å². The van der Waals surface area contributed by atoms with Gasteiger partial charge in [-0.25, -0.2) is 0 Å². The van der Waals surface area contributed by atoms with Gasteiger partial charge in [0.15, 0.2) is 6.10 Å². The molecular formula is C16H23NO2. The van der Waals surface area contributed by atoms with Crippen molar-refractivity contribution in [3.63, 3.8) is 0 Å². The summed E-state index contributed by atoms with van der Waals surface area (Å²) in [6, 6.07) is 8.35. The van der Waals surface area contributed by atoms with E-state index in [9.17, 15) is 4.79 Å². The summed E-state index contributed by atoms with van der Waals surface area (Å²) < 4.78 is 5.66. The first kappa shape index (κ1) is 13.9. The Hall–Kier alpha value is -1.51. The quantitative estimate of drug-likeness (QED) is 0.904. The smallest absolute Gasteiger partial charge is 0.260 e. The molecule has 0 spiro atoms. The van der Waals surface area contributed by atoms with Crippen LogP contribution in [0.15, 0.2) is 24.3 Å². The highest BCUT2D eigenvalue weighted by Crippen LogP contribution is 2.25. The van der Waals surface area contributed by atoms with Crippen LogP contribution in [0.2, 0.25) is 0 Å². The highest BCUT2D eigenvalue weighted by atomic mass is 16.5. The molecule has 1 aromatic carbocycles. The van der Waals surface area contributed by atoms with E-state index in [1.165, 1.54) is 5.56 Å². The topological polar surface area (TPSA) is 38.3 Å². The van der Waals surface area contributed by atoms with E-state index < -0.39 is 6.10 Å². The van der Waals surface area contributed by atoms with Crippen LogP contribution in [0.25, 0.3) is 0 Å².